The van der Waals surface area contributed by atoms with Gasteiger partial charge in [-0.1, -0.05) is 76.1 Å². The normalized spacial score (nSPS) is 10.8. The third-order valence-corrected chi connectivity index (χ3v) is 5.32. The van der Waals surface area contributed by atoms with Crippen molar-refractivity contribution in [2.45, 2.75) is 20.4 Å². The molecular formula is C24H21BrN4O. The van der Waals surface area contributed by atoms with Crippen LogP contribution in [0.15, 0.2) is 77.3 Å². The molecule has 5 nitrogen and oxygen atoms in total. The lowest BCUT2D eigenvalue weighted by Crippen LogP contribution is -2.24. The van der Waals surface area contributed by atoms with Gasteiger partial charge in [0.25, 0.3) is 5.91 Å². The summed E-state index contributed by atoms with van der Waals surface area (Å²) in [6.45, 7) is 4.51. The second-order valence-electron chi connectivity index (χ2n) is 7.14. The molecule has 4 aromatic rings. The van der Waals surface area contributed by atoms with Gasteiger partial charge in [-0.05, 0) is 43.2 Å². The summed E-state index contributed by atoms with van der Waals surface area (Å²) in [7, 11) is 0. The van der Waals surface area contributed by atoms with Gasteiger partial charge in [-0.2, -0.15) is 0 Å². The average Bonchev–Trinajstić information content (AvgIpc) is 3.18. The van der Waals surface area contributed by atoms with E-state index in [2.05, 4.69) is 44.3 Å². The van der Waals surface area contributed by atoms with Crippen LogP contribution in [0.3, 0.4) is 0 Å². The van der Waals surface area contributed by atoms with Crippen LogP contribution in [0.4, 0.5) is 0 Å². The first-order valence-electron chi connectivity index (χ1n) is 9.64. The molecule has 4 rings (SSSR count). The molecule has 0 saturated carbocycles. The summed E-state index contributed by atoms with van der Waals surface area (Å²) in [4.78, 5) is 17.4. The fraction of sp³-hybridized carbons (Fsp3) is 0.125. The van der Waals surface area contributed by atoms with Gasteiger partial charge in [0.1, 0.15) is 0 Å². The van der Waals surface area contributed by atoms with Gasteiger partial charge in [-0.3, -0.25) is 4.79 Å². The van der Waals surface area contributed by atoms with Crippen molar-refractivity contribution in [1.82, 2.24) is 20.1 Å². The monoisotopic (exact) mass is 460 g/mol. The topological polar surface area (TPSA) is 59.8 Å². The molecule has 0 atom stereocenters. The maximum atomic E-state index is 12.8. The van der Waals surface area contributed by atoms with Crippen LogP contribution in [0.1, 0.15) is 27.3 Å². The standard InChI is InChI=1S/C24H21BrN4O/c1-16-8-13-21(17(2)14-16)29-23(19-9-11-20(25)12-10-19)27-22(28-29)24(30)26-15-18-6-4-3-5-7-18/h3-14H,15H2,1-2H3,(H,26,30). The lowest BCUT2D eigenvalue weighted by molar-refractivity contribution is 0.0940. The predicted octanol–water partition coefficient (Wildman–Crippen LogP) is 5.24. The van der Waals surface area contributed by atoms with Gasteiger partial charge < -0.3 is 5.32 Å². The van der Waals surface area contributed by atoms with Crippen LogP contribution in [-0.2, 0) is 6.54 Å². The second kappa shape index (κ2) is 8.63. The third-order valence-electron chi connectivity index (χ3n) is 4.79. The molecule has 0 saturated heterocycles. The van der Waals surface area contributed by atoms with E-state index in [1.165, 1.54) is 5.56 Å². The van der Waals surface area contributed by atoms with Crippen molar-refractivity contribution >= 4 is 21.8 Å². The first-order chi connectivity index (χ1) is 14.5. The van der Waals surface area contributed by atoms with E-state index in [1.807, 2.05) is 73.7 Å². The minimum atomic E-state index is -0.305. The number of hydrogen-bond donors (Lipinski definition) is 1. The van der Waals surface area contributed by atoms with Gasteiger partial charge >= 0.3 is 0 Å². The van der Waals surface area contributed by atoms with Crippen LogP contribution < -0.4 is 5.32 Å². The van der Waals surface area contributed by atoms with E-state index in [0.29, 0.717) is 12.4 Å². The molecule has 0 unspecified atom stereocenters. The summed E-state index contributed by atoms with van der Waals surface area (Å²) in [5.41, 5.74) is 5.03. The summed E-state index contributed by atoms with van der Waals surface area (Å²) in [5, 5.41) is 7.47. The first kappa shape index (κ1) is 20.0. The van der Waals surface area contributed by atoms with Crippen molar-refractivity contribution in [3.63, 3.8) is 0 Å². The Labute approximate surface area is 183 Å². The molecular weight excluding hydrogens is 440 g/mol. The number of amides is 1. The van der Waals surface area contributed by atoms with Crippen LogP contribution in [0, 0.1) is 13.8 Å². The van der Waals surface area contributed by atoms with E-state index in [4.69, 9.17) is 0 Å². The van der Waals surface area contributed by atoms with Gasteiger partial charge in [0, 0.05) is 16.6 Å². The molecule has 1 amide bonds. The molecule has 0 spiro atoms. The van der Waals surface area contributed by atoms with E-state index < -0.39 is 0 Å². The molecule has 0 radical (unpaired) electrons. The van der Waals surface area contributed by atoms with Crippen LogP contribution in [0.25, 0.3) is 17.1 Å². The summed E-state index contributed by atoms with van der Waals surface area (Å²) >= 11 is 3.47. The van der Waals surface area contributed by atoms with E-state index in [9.17, 15) is 4.79 Å². The van der Waals surface area contributed by atoms with E-state index in [0.717, 1.165) is 26.9 Å². The minimum Gasteiger partial charge on any atom is -0.345 e. The van der Waals surface area contributed by atoms with Crippen molar-refractivity contribution in [2.24, 2.45) is 0 Å². The van der Waals surface area contributed by atoms with E-state index in [-0.39, 0.29) is 11.7 Å². The Morgan fingerprint density at radius 1 is 1.00 bits per heavy atom. The van der Waals surface area contributed by atoms with Gasteiger partial charge in [0.05, 0.1) is 5.69 Å². The van der Waals surface area contributed by atoms with Crippen molar-refractivity contribution in [2.75, 3.05) is 0 Å². The molecule has 6 heteroatoms. The Morgan fingerprint density at radius 2 is 1.73 bits per heavy atom. The van der Waals surface area contributed by atoms with E-state index >= 15 is 0 Å². The molecule has 0 fully saturated rings. The highest BCUT2D eigenvalue weighted by molar-refractivity contribution is 9.10. The SMILES string of the molecule is Cc1ccc(-n2nc(C(=O)NCc3ccccc3)nc2-c2ccc(Br)cc2)c(C)c1. The smallest absolute Gasteiger partial charge is 0.291 e. The summed E-state index contributed by atoms with van der Waals surface area (Å²) in [5.74, 6) is 0.462. The Hall–Kier alpha value is -3.25. The number of aromatic nitrogens is 3. The van der Waals surface area contributed by atoms with Crippen LogP contribution in [0.2, 0.25) is 0 Å². The molecule has 1 aromatic heterocycles. The summed E-state index contributed by atoms with van der Waals surface area (Å²) < 4.78 is 2.72. The molecule has 0 bridgehead atoms. The zero-order chi connectivity index (χ0) is 21.1. The minimum absolute atomic E-state index is 0.142. The molecule has 1 N–H and O–H groups in total. The third kappa shape index (κ3) is 4.33. The maximum Gasteiger partial charge on any atom is 0.291 e. The van der Waals surface area contributed by atoms with Crippen molar-refractivity contribution < 1.29 is 4.79 Å². The number of nitrogens with one attached hydrogen (secondary N) is 1. The van der Waals surface area contributed by atoms with Crippen LogP contribution >= 0.6 is 15.9 Å². The first-order valence-corrected chi connectivity index (χ1v) is 10.4. The second-order valence-corrected chi connectivity index (χ2v) is 8.05. The van der Waals surface area contributed by atoms with Gasteiger partial charge in [0.2, 0.25) is 5.82 Å². The van der Waals surface area contributed by atoms with Gasteiger partial charge in [-0.15, -0.1) is 5.10 Å². The zero-order valence-corrected chi connectivity index (χ0v) is 18.3. The Kier molecular flexibility index (Phi) is 5.77. The van der Waals surface area contributed by atoms with Gasteiger partial charge in [0.15, 0.2) is 5.82 Å². The largest absolute Gasteiger partial charge is 0.345 e. The number of aryl methyl sites for hydroxylation is 2. The number of carbonyl (C=O) groups excluding carboxylic acids is 1. The van der Waals surface area contributed by atoms with E-state index in [1.54, 1.807) is 4.68 Å². The molecule has 30 heavy (non-hydrogen) atoms. The number of nitrogens with zero attached hydrogens (tertiary/aromatic N) is 3. The van der Waals surface area contributed by atoms with Gasteiger partial charge in [-0.25, -0.2) is 9.67 Å². The fourth-order valence-electron chi connectivity index (χ4n) is 3.26. The number of halogens is 1. The fourth-order valence-corrected chi connectivity index (χ4v) is 3.53. The Bertz CT molecular complexity index is 1180. The number of rotatable bonds is 5. The molecule has 1 heterocycles. The molecule has 0 aliphatic carbocycles. The summed E-state index contributed by atoms with van der Waals surface area (Å²) in [6.07, 6.45) is 0. The highest BCUT2D eigenvalue weighted by Gasteiger charge is 2.19. The average molecular weight is 461 g/mol. The maximum absolute atomic E-state index is 12.8. The Morgan fingerprint density at radius 3 is 2.43 bits per heavy atom. The lowest BCUT2D eigenvalue weighted by Gasteiger charge is -2.10. The lowest BCUT2D eigenvalue weighted by atomic mass is 10.1. The number of carbonyl (C=O) groups is 1. The Balaban J connectivity index is 1.71. The number of benzene rings is 3. The summed E-state index contributed by atoms with van der Waals surface area (Å²) in [6, 6.07) is 23.7. The molecule has 0 aliphatic rings. The molecule has 0 aliphatic heterocycles. The van der Waals surface area contributed by atoms with Crippen molar-refractivity contribution in [1.29, 1.82) is 0 Å². The molecule has 3 aromatic carbocycles. The zero-order valence-electron chi connectivity index (χ0n) is 16.8. The number of hydrogen-bond acceptors (Lipinski definition) is 3. The highest BCUT2D eigenvalue weighted by Crippen LogP contribution is 2.25. The highest BCUT2D eigenvalue weighted by atomic mass is 79.9. The van der Waals surface area contributed by atoms with Crippen molar-refractivity contribution in [3.05, 3.63) is 99.8 Å². The predicted molar refractivity (Wildman–Crippen MR) is 122 cm³/mol. The van der Waals surface area contributed by atoms with Crippen molar-refractivity contribution in [3.8, 4) is 17.1 Å². The molecule has 150 valence electrons. The van der Waals surface area contributed by atoms with Crippen LogP contribution in [-0.4, -0.2) is 20.7 Å². The quantitative estimate of drug-likeness (QED) is 0.442. The van der Waals surface area contributed by atoms with Crippen LogP contribution in [0.5, 0.6) is 0 Å².